The molecular weight excluding hydrogens is 268 g/mol. The van der Waals surface area contributed by atoms with Gasteiger partial charge in [0.15, 0.2) is 5.96 Å². The summed E-state index contributed by atoms with van der Waals surface area (Å²) < 4.78 is 5.57. The Hall–Kier alpha value is -1.30. The Balaban J connectivity index is 1.96. The summed E-state index contributed by atoms with van der Waals surface area (Å²) >= 11 is 0. The fourth-order valence-corrected chi connectivity index (χ4v) is 1.82. The summed E-state index contributed by atoms with van der Waals surface area (Å²) in [5, 5.41) is 9.20. The summed E-state index contributed by atoms with van der Waals surface area (Å²) in [6.07, 6.45) is 4.07. The van der Waals surface area contributed by atoms with Gasteiger partial charge in [-0.25, -0.2) is 0 Å². The van der Waals surface area contributed by atoms with E-state index < -0.39 is 0 Å². The highest BCUT2D eigenvalue weighted by Gasteiger charge is 2.20. The Morgan fingerprint density at radius 3 is 2.62 bits per heavy atom. The molecule has 0 aromatic heterocycles. The summed E-state index contributed by atoms with van der Waals surface area (Å²) in [4.78, 5) is 15.6. The van der Waals surface area contributed by atoms with Crippen LogP contribution in [0.3, 0.4) is 0 Å². The Kier molecular flexibility index (Phi) is 8.82. The number of guanidine groups is 1. The molecule has 0 aromatic carbocycles. The molecular formula is C15H30N4O2. The molecule has 0 saturated heterocycles. The fourth-order valence-electron chi connectivity index (χ4n) is 1.82. The van der Waals surface area contributed by atoms with Gasteiger partial charge in [0.1, 0.15) is 0 Å². The first-order chi connectivity index (χ1) is 10.1. The second-order valence-corrected chi connectivity index (χ2v) is 5.77. The van der Waals surface area contributed by atoms with Crippen LogP contribution in [0.4, 0.5) is 0 Å². The Morgan fingerprint density at radius 2 is 2.00 bits per heavy atom. The SMILES string of the molecule is CN=C(NCCCOCC1CC1)NCCC(=O)NC(C)C. The molecule has 1 saturated carbocycles. The summed E-state index contributed by atoms with van der Waals surface area (Å²) in [5.74, 6) is 1.61. The van der Waals surface area contributed by atoms with E-state index in [0.717, 1.165) is 38.1 Å². The van der Waals surface area contributed by atoms with E-state index in [1.54, 1.807) is 7.05 Å². The molecule has 3 N–H and O–H groups in total. The molecule has 122 valence electrons. The number of hydrogen-bond acceptors (Lipinski definition) is 3. The van der Waals surface area contributed by atoms with Gasteiger partial charge in [0, 0.05) is 45.8 Å². The predicted octanol–water partition coefficient (Wildman–Crippen LogP) is 0.883. The van der Waals surface area contributed by atoms with Crippen LogP contribution in [0.5, 0.6) is 0 Å². The number of ether oxygens (including phenoxy) is 1. The van der Waals surface area contributed by atoms with Crippen molar-refractivity contribution in [2.24, 2.45) is 10.9 Å². The van der Waals surface area contributed by atoms with Crippen molar-refractivity contribution in [3.63, 3.8) is 0 Å². The largest absolute Gasteiger partial charge is 0.381 e. The molecule has 0 heterocycles. The van der Waals surface area contributed by atoms with Crippen LogP contribution in [0.15, 0.2) is 4.99 Å². The average Bonchev–Trinajstić information content (AvgIpc) is 3.23. The monoisotopic (exact) mass is 298 g/mol. The minimum atomic E-state index is 0.0569. The van der Waals surface area contributed by atoms with Crippen molar-refractivity contribution in [3.8, 4) is 0 Å². The number of hydrogen-bond donors (Lipinski definition) is 3. The van der Waals surface area contributed by atoms with E-state index in [2.05, 4.69) is 20.9 Å². The first kappa shape index (κ1) is 17.8. The van der Waals surface area contributed by atoms with Gasteiger partial charge in [-0.15, -0.1) is 0 Å². The highest BCUT2D eigenvalue weighted by molar-refractivity contribution is 5.81. The number of carbonyl (C=O) groups excluding carboxylic acids is 1. The standard InChI is InChI=1S/C15H30N4O2/c1-12(2)19-14(20)7-9-18-15(16-3)17-8-4-10-21-11-13-5-6-13/h12-13H,4-11H2,1-3H3,(H,19,20)(H2,16,17,18). The summed E-state index contributed by atoms with van der Waals surface area (Å²) in [6, 6.07) is 0.186. The zero-order chi connectivity index (χ0) is 15.5. The molecule has 6 nitrogen and oxygen atoms in total. The number of rotatable bonds is 10. The molecule has 0 radical (unpaired) electrons. The Labute approximate surface area is 128 Å². The van der Waals surface area contributed by atoms with Gasteiger partial charge in [0.05, 0.1) is 0 Å². The molecule has 0 atom stereocenters. The average molecular weight is 298 g/mol. The van der Waals surface area contributed by atoms with Gasteiger partial charge in [-0.1, -0.05) is 0 Å². The Morgan fingerprint density at radius 1 is 1.29 bits per heavy atom. The van der Waals surface area contributed by atoms with E-state index in [-0.39, 0.29) is 11.9 Å². The predicted molar refractivity (Wildman–Crippen MR) is 85.4 cm³/mol. The van der Waals surface area contributed by atoms with Gasteiger partial charge in [0.2, 0.25) is 5.91 Å². The van der Waals surface area contributed by atoms with E-state index in [1.807, 2.05) is 13.8 Å². The molecule has 0 aliphatic heterocycles. The highest BCUT2D eigenvalue weighted by atomic mass is 16.5. The van der Waals surface area contributed by atoms with Crippen molar-refractivity contribution >= 4 is 11.9 Å². The lowest BCUT2D eigenvalue weighted by molar-refractivity contribution is -0.121. The summed E-state index contributed by atoms with van der Waals surface area (Å²) in [6.45, 7) is 7.02. The molecule has 0 aromatic rings. The van der Waals surface area contributed by atoms with Crippen LogP contribution in [0.2, 0.25) is 0 Å². The van der Waals surface area contributed by atoms with Crippen molar-refractivity contribution in [2.45, 2.75) is 45.6 Å². The van der Waals surface area contributed by atoms with Crippen LogP contribution >= 0.6 is 0 Å². The van der Waals surface area contributed by atoms with Crippen LogP contribution in [-0.2, 0) is 9.53 Å². The van der Waals surface area contributed by atoms with Gasteiger partial charge < -0.3 is 20.7 Å². The maximum absolute atomic E-state index is 11.5. The molecule has 21 heavy (non-hydrogen) atoms. The van der Waals surface area contributed by atoms with E-state index >= 15 is 0 Å². The van der Waals surface area contributed by atoms with Crippen LogP contribution < -0.4 is 16.0 Å². The van der Waals surface area contributed by atoms with Gasteiger partial charge in [-0.05, 0) is 39.0 Å². The smallest absolute Gasteiger partial charge is 0.221 e. The molecule has 1 amide bonds. The van der Waals surface area contributed by atoms with Gasteiger partial charge in [0.25, 0.3) is 0 Å². The Bertz CT molecular complexity index is 328. The second kappa shape index (κ2) is 10.4. The quantitative estimate of drug-likeness (QED) is 0.318. The third-order valence-corrected chi connectivity index (χ3v) is 3.13. The molecule has 0 unspecified atom stereocenters. The highest BCUT2D eigenvalue weighted by Crippen LogP contribution is 2.28. The van der Waals surface area contributed by atoms with Gasteiger partial charge in [-0.2, -0.15) is 0 Å². The van der Waals surface area contributed by atoms with E-state index in [0.29, 0.717) is 13.0 Å². The summed E-state index contributed by atoms with van der Waals surface area (Å²) in [7, 11) is 1.73. The van der Waals surface area contributed by atoms with Crippen LogP contribution in [-0.4, -0.2) is 51.3 Å². The number of amides is 1. The lowest BCUT2D eigenvalue weighted by Crippen LogP contribution is -2.40. The molecule has 1 aliphatic rings. The molecule has 1 fully saturated rings. The minimum Gasteiger partial charge on any atom is -0.381 e. The van der Waals surface area contributed by atoms with Crippen LogP contribution in [0.25, 0.3) is 0 Å². The second-order valence-electron chi connectivity index (χ2n) is 5.77. The van der Waals surface area contributed by atoms with E-state index in [1.165, 1.54) is 12.8 Å². The van der Waals surface area contributed by atoms with Crippen LogP contribution in [0, 0.1) is 5.92 Å². The zero-order valence-electron chi connectivity index (χ0n) is 13.6. The maximum Gasteiger partial charge on any atom is 0.221 e. The van der Waals surface area contributed by atoms with Crippen molar-refractivity contribution in [1.82, 2.24) is 16.0 Å². The molecule has 1 aliphatic carbocycles. The molecule has 6 heteroatoms. The van der Waals surface area contributed by atoms with E-state index in [4.69, 9.17) is 4.74 Å². The first-order valence-electron chi connectivity index (χ1n) is 7.93. The number of nitrogens with zero attached hydrogens (tertiary/aromatic N) is 1. The van der Waals surface area contributed by atoms with Gasteiger partial charge in [-0.3, -0.25) is 9.79 Å². The lowest BCUT2D eigenvalue weighted by atomic mass is 10.3. The number of nitrogens with one attached hydrogen (secondary N) is 3. The topological polar surface area (TPSA) is 74.8 Å². The van der Waals surface area contributed by atoms with Gasteiger partial charge >= 0.3 is 0 Å². The minimum absolute atomic E-state index is 0.0569. The molecule has 0 bridgehead atoms. The van der Waals surface area contributed by atoms with Crippen molar-refractivity contribution in [1.29, 1.82) is 0 Å². The fraction of sp³-hybridized carbons (Fsp3) is 0.867. The third-order valence-electron chi connectivity index (χ3n) is 3.13. The zero-order valence-corrected chi connectivity index (χ0v) is 13.6. The van der Waals surface area contributed by atoms with Crippen molar-refractivity contribution < 1.29 is 9.53 Å². The molecule has 0 spiro atoms. The normalized spacial score (nSPS) is 15.1. The summed E-state index contributed by atoms with van der Waals surface area (Å²) in [5.41, 5.74) is 0. The lowest BCUT2D eigenvalue weighted by Gasteiger charge is -2.12. The third kappa shape index (κ3) is 10.1. The van der Waals surface area contributed by atoms with Crippen molar-refractivity contribution in [2.75, 3.05) is 33.4 Å². The first-order valence-corrected chi connectivity index (χ1v) is 7.93. The maximum atomic E-state index is 11.5. The van der Waals surface area contributed by atoms with E-state index in [9.17, 15) is 4.79 Å². The van der Waals surface area contributed by atoms with Crippen LogP contribution in [0.1, 0.15) is 39.5 Å². The van der Waals surface area contributed by atoms with Crippen molar-refractivity contribution in [3.05, 3.63) is 0 Å². The number of aliphatic imine (C=N–C) groups is 1. The molecule has 1 rings (SSSR count). The number of carbonyl (C=O) groups is 1.